The number of hydrogen-bond acceptors (Lipinski definition) is 7. The van der Waals surface area contributed by atoms with Gasteiger partial charge in [0, 0.05) is 5.70 Å². The normalized spacial score (nSPS) is 17.0. The zero-order valence-electron chi connectivity index (χ0n) is 11.7. The first-order valence-electron chi connectivity index (χ1n) is 6.35. The number of ether oxygens (including phenoxy) is 1. The highest BCUT2D eigenvalue weighted by atomic mass is 79.9. The predicted octanol–water partition coefficient (Wildman–Crippen LogP) is 1.60. The van der Waals surface area contributed by atoms with E-state index >= 15 is 0 Å². The summed E-state index contributed by atoms with van der Waals surface area (Å²) in [6, 6.07) is 4.41. The molecule has 1 aliphatic heterocycles. The molecule has 0 radical (unpaired) electrons. The van der Waals surface area contributed by atoms with Crippen LogP contribution in [0, 0.1) is 0 Å². The van der Waals surface area contributed by atoms with Crippen LogP contribution in [0.25, 0.3) is 0 Å². The Morgan fingerprint density at radius 1 is 1.50 bits per heavy atom. The van der Waals surface area contributed by atoms with Gasteiger partial charge in [-0.15, -0.1) is 0 Å². The molecule has 1 unspecified atom stereocenters. The number of phenols is 1. The maximum atomic E-state index is 12.2. The number of methoxy groups -OCH3 is 1. The van der Waals surface area contributed by atoms with Crippen LogP contribution in [0.5, 0.6) is 5.75 Å². The molecule has 2 N–H and O–H groups in total. The van der Waals surface area contributed by atoms with Gasteiger partial charge >= 0.3 is 5.97 Å². The quantitative estimate of drug-likeness (QED) is 0.779. The third-order valence-electron chi connectivity index (χ3n) is 3.41. The molecule has 1 aliphatic rings. The molecule has 0 saturated carbocycles. The van der Waals surface area contributed by atoms with E-state index in [1.807, 2.05) is 0 Å². The fraction of sp³-hybridized carbons (Fsp3) is 0.231. The van der Waals surface area contributed by atoms with Crippen molar-refractivity contribution in [1.82, 2.24) is 20.2 Å². The van der Waals surface area contributed by atoms with Gasteiger partial charge in [-0.3, -0.25) is 0 Å². The molecule has 0 spiro atoms. The number of tetrazole rings is 1. The monoisotopic (exact) mass is 365 g/mol. The number of aromatic hydroxyl groups is 1. The van der Waals surface area contributed by atoms with Crippen LogP contribution >= 0.6 is 15.9 Å². The van der Waals surface area contributed by atoms with Crippen LogP contribution in [0.4, 0.5) is 5.95 Å². The number of nitrogens with zero attached hydrogens (tertiary/aromatic N) is 4. The van der Waals surface area contributed by atoms with Crippen molar-refractivity contribution in [1.29, 1.82) is 0 Å². The number of hydrogen-bond donors (Lipinski definition) is 2. The van der Waals surface area contributed by atoms with E-state index in [-0.39, 0.29) is 5.75 Å². The summed E-state index contributed by atoms with van der Waals surface area (Å²) in [4.78, 5) is 12.2. The molecule has 1 aromatic heterocycles. The van der Waals surface area contributed by atoms with Crippen molar-refractivity contribution in [3.05, 3.63) is 39.5 Å². The highest BCUT2D eigenvalue weighted by Crippen LogP contribution is 2.37. The summed E-state index contributed by atoms with van der Waals surface area (Å²) >= 11 is 3.27. The molecule has 1 aromatic carbocycles. The Bertz CT molecular complexity index is 786. The van der Waals surface area contributed by atoms with Gasteiger partial charge in [-0.25, -0.2) is 4.79 Å². The van der Waals surface area contributed by atoms with Gasteiger partial charge in [0.15, 0.2) is 0 Å². The average molecular weight is 366 g/mol. The minimum Gasteiger partial charge on any atom is -0.507 e. The third kappa shape index (κ3) is 2.23. The van der Waals surface area contributed by atoms with E-state index in [1.165, 1.54) is 17.9 Å². The molecular formula is C13H12BrN5O3. The summed E-state index contributed by atoms with van der Waals surface area (Å²) in [7, 11) is 1.32. The fourth-order valence-corrected chi connectivity index (χ4v) is 2.78. The molecule has 2 aromatic rings. The Labute approximate surface area is 133 Å². The van der Waals surface area contributed by atoms with Crippen molar-refractivity contribution in [2.24, 2.45) is 0 Å². The number of phenolic OH excluding ortho intramolecular Hbond substituents is 1. The second kappa shape index (κ2) is 5.41. The lowest BCUT2D eigenvalue weighted by Gasteiger charge is -2.27. The molecular weight excluding hydrogens is 354 g/mol. The molecule has 0 amide bonds. The average Bonchev–Trinajstić information content (AvgIpc) is 2.95. The number of nitrogens with one attached hydrogen (secondary N) is 1. The van der Waals surface area contributed by atoms with Crippen LogP contribution in [0.1, 0.15) is 18.5 Å². The van der Waals surface area contributed by atoms with Crippen LogP contribution in [-0.2, 0) is 9.53 Å². The minimum atomic E-state index is -0.546. The van der Waals surface area contributed by atoms with Crippen LogP contribution in [-0.4, -0.2) is 38.4 Å². The lowest BCUT2D eigenvalue weighted by atomic mass is 9.96. The Morgan fingerprint density at radius 3 is 2.95 bits per heavy atom. The van der Waals surface area contributed by atoms with Crippen LogP contribution in [0.3, 0.4) is 0 Å². The Hall–Kier alpha value is -2.42. The van der Waals surface area contributed by atoms with Crippen molar-refractivity contribution < 1.29 is 14.6 Å². The van der Waals surface area contributed by atoms with Crippen molar-refractivity contribution in [2.75, 3.05) is 12.4 Å². The first-order valence-corrected chi connectivity index (χ1v) is 7.14. The number of rotatable bonds is 2. The van der Waals surface area contributed by atoms with Gasteiger partial charge < -0.3 is 15.2 Å². The van der Waals surface area contributed by atoms with E-state index in [0.29, 0.717) is 21.7 Å². The SMILES string of the molecule is COC(=O)C1=C(C)Nc2nnnn2C1c1ccc(O)c(Br)c1. The van der Waals surface area contributed by atoms with Gasteiger partial charge in [-0.1, -0.05) is 11.2 Å². The highest BCUT2D eigenvalue weighted by molar-refractivity contribution is 9.10. The minimum absolute atomic E-state index is 0.106. The topological polar surface area (TPSA) is 102 Å². The number of esters is 1. The number of allylic oxidation sites excluding steroid dienone is 1. The molecule has 22 heavy (non-hydrogen) atoms. The molecule has 0 saturated heterocycles. The third-order valence-corrected chi connectivity index (χ3v) is 4.04. The van der Waals surface area contributed by atoms with Crippen LogP contribution in [0.2, 0.25) is 0 Å². The van der Waals surface area contributed by atoms with Gasteiger partial charge in [0.05, 0.1) is 17.2 Å². The summed E-state index contributed by atoms with van der Waals surface area (Å²) in [5.41, 5.74) is 1.75. The Balaban J connectivity index is 2.20. The lowest BCUT2D eigenvalue weighted by molar-refractivity contribution is -0.136. The molecule has 8 nitrogen and oxygen atoms in total. The van der Waals surface area contributed by atoms with E-state index < -0.39 is 12.0 Å². The van der Waals surface area contributed by atoms with E-state index in [0.717, 1.165) is 5.56 Å². The molecule has 0 aliphatic carbocycles. The zero-order chi connectivity index (χ0) is 15.9. The smallest absolute Gasteiger partial charge is 0.338 e. The molecule has 114 valence electrons. The van der Waals surface area contributed by atoms with Gasteiger partial charge in [0.2, 0.25) is 5.95 Å². The second-order valence-corrected chi connectivity index (χ2v) is 5.57. The van der Waals surface area contributed by atoms with E-state index in [9.17, 15) is 9.90 Å². The lowest BCUT2D eigenvalue weighted by Crippen LogP contribution is -2.29. The van der Waals surface area contributed by atoms with Crippen molar-refractivity contribution in [3.8, 4) is 5.75 Å². The van der Waals surface area contributed by atoms with Crippen LogP contribution in [0.15, 0.2) is 33.9 Å². The van der Waals surface area contributed by atoms with Gasteiger partial charge in [0.25, 0.3) is 0 Å². The number of fused-ring (bicyclic) bond motifs is 1. The number of carbonyl (C=O) groups is 1. The second-order valence-electron chi connectivity index (χ2n) is 4.72. The number of halogens is 1. The van der Waals surface area contributed by atoms with Crippen molar-refractivity contribution in [2.45, 2.75) is 13.0 Å². The van der Waals surface area contributed by atoms with Crippen molar-refractivity contribution >= 4 is 27.8 Å². The summed E-state index contributed by atoms with van der Waals surface area (Å²) < 4.78 is 6.89. The predicted molar refractivity (Wildman–Crippen MR) is 80.1 cm³/mol. The molecule has 1 atom stereocenters. The summed E-state index contributed by atoms with van der Waals surface area (Å²) in [5, 5.41) is 24.1. The maximum Gasteiger partial charge on any atom is 0.338 e. The first-order chi connectivity index (χ1) is 10.5. The van der Waals surface area contributed by atoms with E-state index in [2.05, 4.69) is 36.8 Å². The number of anilines is 1. The van der Waals surface area contributed by atoms with Crippen LogP contribution < -0.4 is 5.32 Å². The number of carbonyl (C=O) groups excluding carboxylic acids is 1. The largest absolute Gasteiger partial charge is 0.507 e. The maximum absolute atomic E-state index is 12.2. The number of benzene rings is 1. The molecule has 0 fully saturated rings. The Kier molecular flexibility index (Phi) is 3.57. The zero-order valence-corrected chi connectivity index (χ0v) is 13.3. The standard InChI is InChI=1S/C13H12BrN5O3/c1-6-10(12(21)22-2)11(19-13(15-6)16-17-18-19)7-3-4-9(20)8(14)5-7/h3-5,11,20H,1-2H3,(H,15,16,18). The molecule has 3 rings (SSSR count). The number of aromatic nitrogens is 4. The van der Waals surface area contributed by atoms with Crippen molar-refractivity contribution in [3.63, 3.8) is 0 Å². The molecule has 2 heterocycles. The summed E-state index contributed by atoms with van der Waals surface area (Å²) in [6.45, 7) is 1.76. The van der Waals surface area contributed by atoms with Gasteiger partial charge in [-0.2, -0.15) is 4.68 Å². The fourth-order valence-electron chi connectivity index (χ4n) is 2.39. The molecule has 0 bridgehead atoms. The highest BCUT2D eigenvalue weighted by Gasteiger charge is 2.34. The van der Waals surface area contributed by atoms with Gasteiger partial charge in [0.1, 0.15) is 11.8 Å². The summed E-state index contributed by atoms with van der Waals surface area (Å²) in [5.74, 6) is 0.0645. The van der Waals surface area contributed by atoms with E-state index in [4.69, 9.17) is 4.74 Å². The van der Waals surface area contributed by atoms with E-state index in [1.54, 1.807) is 19.1 Å². The Morgan fingerprint density at radius 2 is 2.27 bits per heavy atom. The van der Waals surface area contributed by atoms with Gasteiger partial charge in [-0.05, 0) is 51.0 Å². The summed E-state index contributed by atoms with van der Waals surface area (Å²) in [6.07, 6.45) is 0. The molecule has 9 heteroatoms. The first kappa shape index (κ1) is 14.5.